The fourth-order valence-corrected chi connectivity index (χ4v) is 11.8. The second kappa shape index (κ2) is 12.2. The van der Waals surface area contributed by atoms with Crippen LogP contribution < -0.4 is 15.9 Å². The Morgan fingerprint density at radius 3 is 1.61 bits per heavy atom. The van der Waals surface area contributed by atoms with Gasteiger partial charge in [0.2, 0.25) is 0 Å². The van der Waals surface area contributed by atoms with Gasteiger partial charge in [0.25, 0.3) is 0 Å². The van der Waals surface area contributed by atoms with Crippen molar-refractivity contribution < 1.29 is 18.5 Å². The van der Waals surface area contributed by atoms with Crippen molar-refractivity contribution in [1.82, 2.24) is 0 Å². The van der Waals surface area contributed by atoms with Crippen LogP contribution in [0.1, 0.15) is 13.8 Å². The van der Waals surface area contributed by atoms with Crippen LogP contribution >= 0.6 is 12.5 Å². The zero-order chi connectivity index (χ0) is 26.6. The Morgan fingerprint density at radius 2 is 1.16 bits per heavy atom. The molecule has 0 N–H and O–H groups in total. The van der Waals surface area contributed by atoms with E-state index in [2.05, 4.69) is 48.6 Å². The summed E-state index contributed by atoms with van der Waals surface area (Å²) in [4.78, 5) is 0. The van der Waals surface area contributed by atoms with Crippen molar-refractivity contribution in [3.05, 3.63) is 115 Å². The van der Waals surface area contributed by atoms with Gasteiger partial charge in [-0.15, -0.1) is 0 Å². The Kier molecular flexibility index (Phi) is 8.94. The van der Waals surface area contributed by atoms with Gasteiger partial charge >= 0.3 is 0 Å². The van der Waals surface area contributed by atoms with Gasteiger partial charge in [0.1, 0.15) is 36.9 Å². The molecule has 38 heavy (non-hydrogen) atoms. The largest absolute Gasteiger partial charge is 0.370 e. The van der Waals surface area contributed by atoms with E-state index in [0.29, 0.717) is 13.2 Å². The average Bonchev–Trinajstić information content (AvgIpc) is 3.56. The molecular weight excluding hydrogens is 550 g/mol. The standard InChI is InChI=1S/C30H32O4P2S2/c1-3-14-23(4-2)35(37,24-15-8-5-9-16-24)33-27-21-31-30-28(22-32-29(27)30)34-36(38,25-17-10-6-11-18-25)26-19-12-7-13-20-26/h3-20,27-30H,21-22H2,1-2H3. The van der Waals surface area contributed by atoms with E-state index in [9.17, 15) is 0 Å². The highest BCUT2D eigenvalue weighted by Crippen LogP contribution is 2.57. The van der Waals surface area contributed by atoms with Crippen molar-refractivity contribution in [3.63, 3.8) is 0 Å². The van der Waals surface area contributed by atoms with Crippen LogP contribution in [0.2, 0.25) is 0 Å². The first-order valence-electron chi connectivity index (χ1n) is 12.8. The first-order valence-corrected chi connectivity index (χ1v) is 18.2. The minimum atomic E-state index is -2.56. The Morgan fingerprint density at radius 1 is 0.711 bits per heavy atom. The average molecular weight is 583 g/mol. The van der Waals surface area contributed by atoms with Gasteiger partial charge < -0.3 is 18.5 Å². The fraction of sp³-hybridized carbons (Fsp3) is 0.267. The molecule has 2 fully saturated rings. The molecule has 2 heterocycles. The SMILES string of the molecule is CC=CC(=CC)P(=S)(OC1COC2C(OP(=S)(c3ccccc3)c3ccccc3)COC12)c1ccccc1. The van der Waals surface area contributed by atoms with Crippen LogP contribution in [0, 0.1) is 0 Å². The highest BCUT2D eigenvalue weighted by atomic mass is 32.4. The quantitative estimate of drug-likeness (QED) is 0.235. The minimum Gasteiger partial charge on any atom is -0.370 e. The van der Waals surface area contributed by atoms with E-state index in [0.717, 1.165) is 21.2 Å². The smallest absolute Gasteiger partial charge is 0.123 e. The van der Waals surface area contributed by atoms with Gasteiger partial charge in [0, 0.05) is 21.2 Å². The van der Waals surface area contributed by atoms with Crippen LogP contribution in [0.25, 0.3) is 0 Å². The van der Waals surface area contributed by atoms with Crippen LogP contribution in [0.15, 0.2) is 115 Å². The Balaban J connectivity index is 1.40. The zero-order valence-electron chi connectivity index (χ0n) is 21.5. The second-order valence-electron chi connectivity index (χ2n) is 9.21. The first kappa shape index (κ1) is 27.8. The number of fused-ring (bicyclic) bond motifs is 1. The third kappa shape index (κ3) is 5.47. The zero-order valence-corrected chi connectivity index (χ0v) is 24.9. The third-order valence-corrected chi connectivity index (χ3v) is 15.0. The highest BCUT2D eigenvalue weighted by Gasteiger charge is 2.52. The Hall–Kier alpha value is -1.72. The van der Waals surface area contributed by atoms with Crippen molar-refractivity contribution in [1.29, 1.82) is 0 Å². The van der Waals surface area contributed by atoms with Crippen LogP contribution in [0.3, 0.4) is 0 Å². The van der Waals surface area contributed by atoms with Gasteiger partial charge in [-0.2, -0.15) is 0 Å². The number of benzene rings is 3. The summed E-state index contributed by atoms with van der Waals surface area (Å²) in [5, 5.41) is 4.05. The van der Waals surface area contributed by atoms with Crippen molar-refractivity contribution in [3.8, 4) is 0 Å². The molecule has 0 aromatic heterocycles. The number of hydrogen-bond acceptors (Lipinski definition) is 6. The van der Waals surface area contributed by atoms with Gasteiger partial charge in [-0.05, 0) is 13.8 Å². The van der Waals surface area contributed by atoms with E-state index in [1.165, 1.54) is 0 Å². The molecule has 0 amide bonds. The summed E-state index contributed by atoms with van der Waals surface area (Å²) in [5.74, 6) is 0. The van der Waals surface area contributed by atoms with Gasteiger partial charge in [-0.25, -0.2) is 0 Å². The second-order valence-corrected chi connectivity index (χ2v) is 17.0. The normalized spacial score (nSPS) is 25.4. The molecule has 4 nitrogen and oxygen atoms in total. The lowest BCUT2D eigenvalue weighted by Gasteiger charge is -2.29. The lowest BCUT2D eigenvalue weighted by atomic mass is 10.1. The number of ether oxygens (including phenoxy) is 2. The van der Waals surface area contributed by atoms with E-state index >= 15 is 0 Å². The molecule has 3 aromatic rings. The fourth-order valence-electron chi connectivity index (χ4n) is 4.94. The molecule has 0 saturated carbocycles. The summed E-state index contributed by atoms with van der Waals surface area (Å²) in [6, 6.07) is 30.3. The topological polar surface area (TPSA) is 36.9 Å². The molecule has 5 rings (SSSR count). The molecule has 0 bridgehead atoms. The summed E-state index contributed by atoms with van der Waals surface area (Å²) in [6.45, 7) is 4.79. The van der Waals surface area contributed by atoms with Crippen molar-refractivity contribution in [2.75, 3.05) is 13.2 Å². The maximum Gasteiger partial charge on any atom is 0.123 e. The Bertz CT molecular complexity index is 1340. The van der Waals surface area contributed by atoms with Gasteiger partial charge in [0.15, 0.2) is 0 Å². The monoisotopic (exact) mass is 582 g/mol. The van der Waals surface area contributed by atoms with Crippen molar-refractivity contribution >= 4 is 52.1 Å². The lowest BCUT2D eigenvalue weighted by Crippen LogP contribution is -2.35. The summed E-state index contributed by atoms with van der Waals surface area (Å²) in [7, 11) is 0. The summed E-state index contributed by atoms with van der Waals surface area (Å²) in [5.41, 5.74) is 0. The molecule has 0 spiro atoms. The minimum absolute atomic E-state index is 0.273. The van der Waals surface area contributed by atoms with Gasteiger partial charge in [-0.1, -0.05) is 133 Å². The molecule has 5 atom stereocenters. The lowest BCUT2D eigenvalue weighted by molar-refractivity contribution is 0.0261. The molecule has 3 aromatic carbocycles. The number of allylic oxidation sites excluding steroid dienone is 4. The van der Waals surface area contributed by atoms with Crippen molar-refractivity contribution in [2.24, 2.45) is 0 Å². The Labute approximate surface area is 235 Å². The molecule has 8 heteroatoms. The van der Waals surface area contributed by atoms with E-state index in [-0.39, 0.29) is 24.4 Å². The third-order valence-electron chi connectivity index (χ3n) is 6.79. The maximum atomic E-state index is 6.84. The molecular formula is C30H32O4P2S2. The van der Waals surface area contributed by atoms with E-state index in [1.807, 2.05) is 74.5 Å². The van der Waals surface area contributed by atoms with E-state index in [1.54, 1.807) is 0 Å². The molecule has 0 radical (unpaired) electrons. The molecule has 2 saturated heterocycles. The number of hydrogen-bond donors (Lipinski definition) is 0. The van der Waals surface area contributed by atoms with E-state index in [4.69, 9.17) is 42.1 Å². The molecule has 2 aliphatic heterocycles. The predicted molar refractivity (Wildman–Crippen MR) is 165 cm³/mol. The molecule has 198 valence electrons. The summed E-state index contributed by atoms with van der Waals surface area (Å²) in [6.07, 6.45) is -0.152. The number of rotatable bonds is 9. The van der Waals surface area contributed by atoms with Gasteiger partial charge in [-0.3, -0.25) is 0 Å². The van der Waals surface area contributed by atoms with Crippen LogP contribution in [0.5, 0.6) is 0 Å². The molecule has 5 unspecified atom stereocenters. The van der Waals surface area contributed by atoms with Gasteiger partial charge in [0.05, 0.1) is 13.2 Å². The first-order chi connectivity index (χ1) is 18.5. The molecule has 2 aliphatic rings. The van der Waals surface area contributed by atoms with E-state index < -0.39 is 12.5 Å². The van der Waals surface area contributed by atoms with Crippen LogP contribution in [0.4, 0.5) is 0 Å². The van der Waals surface area contributed by atoms with Crippen LogP contribution in [-0.2, 0) is 42.1 Å². The predicted octanol–water partition coefficient (Wildman–Crippen LogP) is 5.80. The highest BCUT2D eigenvalue weighted by molar-refractivity contribution is 8.19. The molecule has 0 aliphatic carbocycles. The van der Waals surface area contributed by atoms with Crippen molar-refractivity contribution in [2.45, 2.75) is 38.3 Å². The maximum absolute atomic E-state index is 6.84. The summed E-state index contributed by atoms with van der Waals surface area (Å²) < 4.78 is 26.3. The van der Waals surface area contributed by atoms with Crippen LogP contribution in [-0.4, -0.2) is 37.6 Å². The summed E-state index contributed by atoms with van der Waals surface area (Å²) >= 11 is 12.6.